The average molecular weight is 294 g/mol. The smallest absolute Gasteiger partial charge is 0.240 e. The maximum atomic E-state index is 13.8. The van der Waals surface area contributed by atoms with Crippen LogP contribution in [0.3, 0.4) is 0 Å². The summed E-state index contributed by atoms with van der Waals surface area (Å²) in [6.45, 7) is 1.99. The molecule has 1 aliphatic heterocycles. The summed E-state index contributed by atoms with van der Waals surface area (Å²) in [6.07, 6.45) is -3.33. The summed E-state index contributed by atoms with van der Waals surface area (Å²) in [5, 5.41) is 3.04. The number of hydrogen-bond acceptors (Lipinski definition) is 2. The highest BCUT2D eigenvalue weighted by Gasteiger charge is 2.29. The Bertz CT molecular complexity index is 460. The van der Waals surface area contributed by atoms with Gasteiger partial charge in [0.25, 0.3) is 0 Å². The fourth-order valence-electron chi connectivity index (χ4n) is 2.45. The molecule has 0 aromatic heterocycles. The molecule has 7 heteroatoms. The molecule has 1 aliphatic rings. The van der Waals surface area contributed by atoms with Gasteiger partial charge < -0.3 is 5.32 Å². The molecule has 0 unspecified atom stereocenters. The molecular formula is C13H15F5N2. The molecule has 1 saturated heterocycles. The van der Waals surface area contributed by atoms with Gasteiger partial charge in [0.2, 0.25) is 6.43 Å². The second-order valence-corrected chi connectivity index (χ2v) is 4.72. The lowest BCUT2D eigenvalue weighted by Crippen LogP contribution is -2.45. The van der Waals surface area contributed by atoms with Crippen LogP contribution in [0, 0.1) is 17.5 Å². The molecule has 2 nitrogen and oxygen atoms in total. The molecule has 1 N–H and O–H groups in total. The zero-order valence-corrected chi connectivity index (χ0v) is 10.7. The monoisotopic (exact) mass is 294 g/mol. The number of nitrogens with one attached hydrogen (secondary N) is 1. The summed E-state index contributed by atoms with van der Waals surface area (Å²) < 4.78 is 65.7. The Morgan fingerprint density at radius 2 is 1.75 bits per heavy atom. The highest BCUT2D eigenvalue weighted by molar-refractivity contribution is 5.24. The zero-order chi connectivity index (χ0) is 14.7. The Hall–Kier alpha value is -1.21. The average Bonchev–Trinajstić information content (AvgIpc) is 2.41. The topological polar surface area (TPSA) is 15.3 Å². The van der Waals surface area contributed by atoms with Gasteiger partial charge in [0.05, 0.1) is 0 Å². The van der Waals surface area contributed by atoms with Crippen LogP contribution < -0.4 is 5.32 Å². The van der Waals surface area contributed by atoms with E-state index in [1.54, 1.807) is 4.90 Å². The highest BCUT2D eigenvalue weighted by Crippen LogP contribution is 2.31. The van der Waals surface area contributed by atoms with E-state index in [9.17, 15) is 22.0 Å². The highest BCUT2D eigenvalue weighted by atomic mass is 19.3. The van der Waals surface area contributed by atoms with Gasteiger partial charge in [-0.25, -0.2) is 22.0 Å². The number of halogens is 5. The minimum absolute atomic E-state index is 0.343. The molecule has 1 aromatic rings. The Morgan fingerprint density at radius 1 is 1.10 bits per heavy atom. The lowest BCUT2D eigenvalue weighted by molar-refractivity contribution is 0.0720. The van der Waals surface area contributed by atoms with Crippen molar-refractivity contribution in [3.63, 3.8) is 0 Å². The number of nitrogens with zero attached hydrogens (tertiary/aromatic N) is 1. The van der Waals surface area contributed by atoms with E-state index in [1.807, 2.05) is 0 Å². The van der Waals surface area contributed by atoms with Crippen molar-refractivity contribution >= 4 is 0 Å². The fraction of sp³-hybridized carbons (Fsp3) is 0.538. The van der Waals surface area contributed by atoms with Crippen LogP contribution in [0.15, 0.2) is 12.1 Å². The lowest BCUT2D eigenvalue weighted by atomic mass is 10.00. The third-order valence-corrected chi connectivity index (χ3v) is 3.37. The molecule has 0 saturated carbocycles. The van der Waals surface area contributed by atoms with Crippen molar-refractivity contribution in [1.82, 2.24) is 10.2 Å². The lowest BCUT2D eigenvalue weighted by Gasteiger charge is -2.35. The molecule has 0 radical (unpaired) electrons. The molecule has 20 heavy (non-hydrogen) atoms. The third-order valence-electron chi connectivity index (χ3n) is 3.37. The standard InChI is InChI=1S/C13H15F5N2/c14-8-5-9(13(18)10(15)6-8)11(7-12(16)17)20-3-1-19-2-4-20/h5-6,11-12,19H,1-4,7H2/t11-/m1/s1. The molecule has 1 heterocycles. The predicted octanol–water partition coefficient (Wildman–Crippen LogP) is 2.71. The van der Waals surface area contributed by atoms with Crippen LogP contribution in [0.2, 0.25) is 0 Å². The van der Waals surface area contributed by atoms with Gasteiger partial charge in [0, 0.05) is 50.3 Å². The first-order valence-electron chi connectivity index (χ1n) is 6.36. The van der Waals surface area contributed by atoms with Gasteiger partial charge in [-0.1, -0.05) is 0 Å². The van der Waals surface area contributed by atoms with Crippen molar-refractivity contribution in [2.45, 2.75) is 18.9 Å². The Kier molecular flexibility index (Phi) is 4.93. The SMILES string of the molecule is Fc1cc(F)c(F)c([C@@H](CC(F)F)N2CCNCC2)c1. The molecule has 112 valence electrons. The van der Waals surface area contributed by atoms with E-state index in [-0.39, 0.29) is 5.56 Å². The van der Waals surface area contributed by atoms with Crippen molar-refractivity contribution in [1.29, 1.82) is 0 Å². The van der Waals surface area contributed by atoms with E-state index in [4.69, 9.17) is 0 Å². The summed E-state index contributed by atoms with van der Waals surface area (Å²) in [5.74, 6) is -3.57. The summed E-state index contributed by atoms with van der Waals surface area (Å²) in [5.41, 5.74) is -0.343. The van der Waals surface area contributed by atoms with E-state index >= 15 is 0 Å². The van der Waals surface area contributed by atoms with E-state index in [0.717, 1.165) is 6.07 Å². The van der Waals surface area contributed by atoms with Crippen LogP contribution in [0.1, 0.15) is 18.0 Å². The second-order valence-electron chi connectivity index (χ2n) is 4.72. The second kappa shape index (κ2) is 6.49. The maximum Gasteiger partial charge on any atom is 0.240 e. The van der Waals surface area contributed by atoms with Crippen molar-refractivity contribution in [2.75, 3.05) is 26.2 Å². The van der Waals surface area contributed by atoms with E-state index in [0.29, 0.717) is 32.2 Å². The number of rotatable bonds is 4. The first-order valence-corrected chi connectivity index (χ1v) is 6.36. The van der Waals surface area contributed by atoms with Crippen LogP contribution in [0.4, 0.5) is 22.0 Å². The molecule has 1 aromatic carbocycles. The predicted molar refractivity (Wildman–Crippen MR) is 64.1 cm³/mol. The van der Waals surface area contributed by atoms with Crippen molar-refractivity contribution in [2.24, 2.45) is 0 Å². The number of hydrogen-bond donors (Lipinski definition) is 1. The zero-order valence-electron chi connectivity index (χ0n) is 10.7. The summed E-state index contributed by atoms with van der Waals surface area (Å²) in [4.78, 5) is 1.62. The molecule has 2 rings (SSSR count). The van der Waals surface area contributed by atoms with Crippen LogP contribution in [0.5, 0.6) is 0 Å². The van der Waals surface area contributed by atoms with Crippen molar-refractivity contribution in [3.8, 4) is 0 Å². The largest absolute Gasteiger partial charge is 0.314 e. The van der Waals surface area contributed by atoms with Gasteiger partial charge in [-0.3, -0.25) is 4.90 Å². The molecule has 0 spiro atoms. The van der Waals surface area contributed by atoms with Crippen LogP contribution >= 0.6 is 0 Å². The fourth-order valence-corrected chi connectivity index (χ4v) is 2.45. The minimum Gasteiger partial charge on any atom is -0.314 e. The number of alkyl halides is 2. The molecular weight excluding hydrogens is 279 g/mol. The quantitative estimate of drug-likeness (QED) is 0.678. The molecule has 0 amide bonds. The number of piperazine rings is 1. The first kappa shape index (κ1) is 15.2. The van der Waals surface area contributed by atoms with Crippen molar-refractivity contribution < 1.29 is 22.0 Å². The van der Waals surface area contributed by atoms with Gasteiger partial charge in [0.1, 0.15) is 5.82 Å². The molecule has 0 bridgehead atoms. The Morgan fingerprint density at radius 3 is 2.35 bits per heavy atom. The van der Waals surface area contributed by atoms with E-state index < -0.39 is 36.3 Å². The van der Waals surface area contributed by atoms with Gasteiger partial charge in [0.15, 0.2) is 11.6 Å². The van der Waals surface area contributed by atoms with Crippen LogP contribution in [0.25, 0.3) is 0 Å². The molecule has 0 aliphatic carbocycles. The molecule has 1 atom stereocenters. The summed E-state index contributed by atoms with van der Waals surface area (Å²) in [7, 11) is 0. The number of benzene rings is 1. The molecule has 1 fully saturated rings. The normalized spacial score (nSPS) is 18.5. The van der Waals surface area contributed by atoms with Crippen molar-refractivity contribution in [3.05, 3.63) is 35.1 Å². The Balaban J connectivity index is 2.34. The Labute approximate surface area is 113 Å². The summed E-state index contributed by atoms with van der Waals surface area (Å²) >= 11 is 0. The first-order chi connectivity index (χ1) is 9.49. The van der Waals surface area contributed by atoms with Gasteiger partial charge >= 0.3 is 0 Å². The van der Waals surface area contributed by atoms with Gasteiger partial charge in [-0.15, -0.1) is 0 Å². The van der Waals surface area contributed by atoms with Crippen LogP contribution in [-0.4, -0.2) is 37.5 Å². The van der Waals surface area contributed by atoms with E-state index in [2.05, 4.69) is 5.32 Å². The van der Waals surface area contributed by atoms with Gasteiger partial charge in [-0.05, 0) is 6.07 Å². The van der Waals surface area contributed by atoms with Crippen LogP contribution in [-0.2, 0) is 0 Å². The maximum absolute atomic E-state index is 13.8. The minimum atomic E-state index is -2.68. The van der Waals surface area contributed by atoms with Gasteiger partial charge in [-0.2, -0.15) is 0 Å². The summed E-state index contributed by atoms with van der Waals surface area (Å²) in [6, 6.07) is 0.186. The third kappa shape index (κ3) is 3.46. The van der Waals surface area contributed by atoms with E-state index in [1.165, 1.54) is 0 Å².